The van der Waals surface area contributed by atoms with Crippen molar-refractivity contribution in [3.63, 3.8) is 0 Å². The largest absolute Gasteiger partial charge is 0.481 e. The summed E-state index contributed by atoms with van der Waals surface area (Å²) in [5.41, 5.74) is 7.40. The van der Waals surface area contributed by atoms with Gasteiger partial charge in [0.2, 0.25) is 17.7 Å². The summed E-state index contributed by atoms with van der Waals surface area (Å²) in [5, 5.41) is 13.9. The zero-order chi connectivity index (χ0) is 33.9. The molecule has 2 amide bonds. The highest BCUT2D eigenvalue weighted by molar-refractivity contribution is 6.39. The Balaban J connectivity index is 1.09. The Morgan fingerprint density at radius 2 is 1.37 bits per heavy atom. The van der Waals surface area contributed by atoms with E-state index >= 15 is 0 Å². The minimum Gasteiger partial charge on any atom is -0.481 e. The van der Waals surface area contributed by atoms with Gasteiger partial charge in [0.25, 0.3) is 0 Å². The monoisotopic (exact) mass is 697 g/mol. The highest BCUT2D eigenvalue weighted by Gasteiger charge is 2.22. The summed E-state index contributed by atoms with van der Waals surface area (Å²) in [5.74, 6) is 0.734. The molecule has 5 heterocycles. The van der Waals surface area contributed by atoms with Crippen molar-refractivity contribution < 1.29 is 14.3 Å². The van der Waals surface area contributed by atoms with Crippen LogP contribution in [0, 0.1) is 0 Å². The van der Waals surface area contributed by atoms with Crippen molar-refractivity contribution in [2.24, 2.45) is 0 Å². The van der Waals surface area contributed by atoms with Crippen molar-refractivity contribution in [3.05, 3.63) is 94.2 Å². The molecule has 3 aromatic heterocycles. The van der Waals surface area contributed by atoms with Gasteiger partial charge in [-0.15, -0.1) is 0 Å². The van der Waals surface area contributed by atoms with E-state index in [-0.39, 0.29) is 23.9 Å². The van der Waals surface area contributed by atoms with E-state index in [0.29, 0.717) is 54.1 Å². The number of hydrogen-bond donors (Lipinski definition) is 4. The van der Waals surface area contributed by atoms with Crippen LogP contribution in [-0.4, -0.2) is 58.5 Å². The molecular formula is C37H37Cl2N7O3. The average molecular weight is 699 g/mol. The van der Waals surface area contributed by atoms with Gasteiger partial charge in [-0.3, -0.25) is 9.59 Å². The standard InChI is InChI=1S/C37H37Cl2N7O3/c1-49-37-23(17-41-19-25-11-15-34(48)43-25)9-12-30(45-37)28-6-2-4-26(35(28)38)27-5-3-7-29(36(27)39)31-21-46-20-22(8-13-32(46)44-31)16-40-18-24-10-14-33(47)42-24/h2-9,12-13,20-21,24-25,40-41H,10-11,14-19H2,1H3,(H,42,47)(H,43,48)/t24-,25+/m0/s1. The van der Waals surface area contributed by atoms with E-state index in [9.17, 15) is 9.59 Å². The molecule has 2 fully saturated rings. The minimum absolute atomic E-state index is 0.102. The molecular weight excluding hydrogens is 661 g/mol. The molecule has 49 heavy (non-hydrogen) atoms. The van der Waals surface area contributed by atoms with Gasteiger partial charge in [-0.2, -0.15) is 0 Å². The Kier molecular flexibility index (Phi) is 9.81. The second-order valence-electron chi connectivity index (χ2n) is 12.5. The number of amides is 2. The number of halogens is 2. The zero-order valence-electron chi connectivity index (χ0n) is 27.1. The molecule has 0 radical (unpaired) electrons. The summed E-state index contributed by atoms with van der Waals surface area (Å²) in [6.45, 7) is 2.66. The third-order valence-corrected chi connectivity index (χ3v) is 9.89. The van der Waals surface area contributed by atoms with E-state index in [4.69, 9.17) is 37.9 Å². The Labute approximate surface area is 294 Å². The van der Waals surface area contributed by atoms with Crippen LogP contribution in [0.15, 0.2) is 73.1 Å². The lowest BCUT2D eigenvalue weighted by Crippen LogP contribution is -2.35. The van der Waals surface area contributed by atoms with Crippen molar-refractivity contribution in [2.75, 3.05) is 20.2 Å². The van der Waals surface area contributed by atoms with Gasteiger partial charge in [0.05, 0.1) is 28.5 Å². The lowest BCUT2D eigenvalue weighted by molar-refractivity contribution is -0.120. The molecule has 0 aliphatic carbocycles. The number of carbonyl (C=O) groups excluding carboxylic acids is 2. The Morgan fingerprint density at radius 3 is 1.98 bits per heavy atom. The maximum atomic E-state index is 11.5. The lowest BCUT2D eigenvalue weighted by atomic mass is 9.98. The van der Waals surface area contributed by atoms with Gasteiger partial charge in [0.1, 0.15) is 5.65 Å². The number of aromatic nitrogens is 3. The molecule has 2 aliphatic heterocycles. The maximum absolute atomic E-state index is 11.5. The predicted molar refractivity (Wildman–Crippen MR) is 192 cm³/mol. The summed E-state index contributed by atoms with van der Waals surface area (Å²) in [6.07, 6.45) is 6.92. The molecule has 2 atom stereocenters. The Hall–Kier alpha value is -4.48. The van der Waals surface area contributed by atoms with Gasteiger partial charge in [0.15, 0.2) is 0 Å². The molecule has 252 valence electrons. The van der Waals surface area contributed by atoms with Crippen LogP contribution in [0.1, 0.15) is 36.8 Å². The summed E-state index contributed by atoms with van der Waals surface area (Å²) >= 11 is 14.2. The first-order chi connectivity index (χ1) is 23.9. The van der Waals surface area contributed by atoms with Crippen LogP contribution in [0.5, 0.6) is 5.88 Å². The molecule has 2 aliphatic rings. The number of imidazole rings is 1. The fourth-order valence-corrected chi connectivity index (χ4v) is 7.16. The van der Waals surface area contributed by atoms with Crippen molar-refractivity contribution in [2.45, 2.75) is 50.9 Å². The van der Waals surface area contributed by atoms with Crippen molar-refractivity contribution in [1.82, 2.24) is 35.6 Å². The second kappa shape index (κ2) is 14.6. The molecule has 2 saturated heterocycles. The molecule has 12 heteroatoms. The number of rotatable bonds is 12. The number of fused-ring (bicyclic) bond motifs is 1. The number of pyridine rings is 2. The zero-order valence-corrected chi connectivity index (χ0v) is 28.6. The Bertz CT molecular complexity index is 2030. The van der Waals surface area contributed by atoms with E-state index in [1.165, 1.54) is 0 Å². The van der Waals surface area contributed by atoms with E-state index in [1.54, 1.807) is 7.11 Å². The van der Waals surface area contributed by atoms with E-state index in [2.05, 4.69) is 33.5 Å². The molecule has 10 nitrogen and oxygen atoms in total. The minimum atomic E-state index is 0.102. The van der Waals surface area contributed by atoms with Crippen LogP contribution in [0.3, 0.4) is 0 Å². The first-order valence-corrected chi connectivity index (χ1v) is 17.2. The van der Waals surface area contributed by atoms with Gasteiger partial charge in [-0.1, -0.05) is 71.7 Å². The highest BCUT2D eigenvalue weighted by atomic mass is 35.5. The molecule has 4 N–H and O–H groups in total. The summed E-state index contributed by atoms with van der Waals surface area (Å²) < 4.78 is 7.66. The number of hydrogen-bond acceptors (Lipinski definition) is 7. The number of methoxy groups -OCH3 is 1. The molecule has 7 rings (SSSR count). The first-order valence-electron chi connectivity index (χ1n) is 16.5. The summed E-state index contributed by atoms with van der Waals surface area (Å²) in [4.78, 5) is 32.6. The van der Waals surface area contributed by atoms with Gasteiger partial charge in [0, 0.05) is 91.3 Å². The van der Waals surface area contributed by atoms with Gasteiger partial charge in [-0.05, 0) is 30.5 Å². The molecule has 0 bridgehead atoms. The fraction of sp³-hybridized carbons (Fsp3) is 0.297. The van der Waals surface area contributed by atoms with Gasteiger partial charge < -0.3 is 30.4 Å². The van der Waals surface area contributed by atoms with Gasteiger partial charge in [-0.25, -0.2) is 9.97 Å². The van der Waals surface area contributed by atoms with E-state index in [0.717, 1.165) is 64.1 Å². The highest BCUT2D eigenvalue weighted by Crippen LogP contribution is 2.42. The third kappa shape index (κ3) is 7.28. The number of benzene rings is 2. The smallest absolute Gasteiger partial charge is 0.220 e. The normalized spacial score (nSPS) is 17.4. The Morgan fingerprint density at radius 1 is 0.755 bits per heavy atom. The van der Waals surface area contributed by atoms with Crippen LogP contribution in [0.25, 0.3) is 39.3 Å². The van der Waals surface area contributed by atoms with Crippen molar-refractivity contribution >= 4 is 40.7 Å². The molecule has 0 unspecified atom stereocenters. The first kappa shape index (κ1) is 33.0. The van der Waals surface area contributed by atoms with E-state index in [1.807, 2.05) is 65.2 Å². The molecule has 0 spiro atoms. The molecule has 0 saturated carbocycles. The topological polar surface area (TPSA) is 122 Å². The van der Waals surface area contributed by atoms with Crippen LogP contribution in [-0.2, 0) is 22.7 Å². The maximum Gasteiger partial charge on any atom is 0.220 e. The fourth-order valence-electron chi connectivity index (χ4n) is 6.51. The van der Waals surface area contributed by atoms with Crippen molar-refractivity contribution in [3.8, 4) is 39.5 Å². The average Bonchev–Trinajstić information content (AvgIpc) is 3.84. The molecule has 5 aromatic rings. The van der Waals surface area contributed by atoms with E-state index < -0.39 is 0 Å². The lowest BCUT2D eigenvalue weighted by Gasteiger charge is -2.15. The quantitative estimate of drug-likeness (QED) is 0.130. The number of ether oxygens (including phenoxy) is 1. The van der Waals surface area contributed by atoms with Crippen LogP contribution in [0.2, 0.25) is 10.0 Å². The second-order valence-corrected chi connectivity index (χ2v) is 13.3. The number of nitrogens with zero attached hydrogens (tertiary/aromatic N) is 3. The third-order valence-electron chi connectivity index (χ3n) is 9.08. The van der Waals surface area contributed by atoms with Crippen LogP contribution in [0.4, 0.5) is 0 Å². The van der Waals surface area contributed by atoms with Crippen LogP contribution < -0.4 is 26.0 Å². The van der Waals surface area contributed by atoms with Crippen LogP contribution >= 0.6 is 23.2 Å². The summed E-state index contributed by atoms with van der Waals surface area (Å²) in [6, 6.07) is 20.0. The predicted octanol–water partition coefficient (Wildman–Crippen LogP) is 5.78. The number of nitrogens with one attached hydrogen (secondary N) is 4. The summed E-state index contributed by atoms with van der Waals surface area (Å²) in [7, 11) is 1.60. The SMILES string of the molecule is COc1nc(-c2cccc(-c3cccc(-c4cn5cc(CNC[C@@H]6CCC(=O)N6)ccc5n4)c3Cl)c2Cl)ccc1CNC[C@H]1CCC(=O)N1. The van der Waals surface area contributed by atoms with Gasteiger partial charge >= 0.3 is 0 Å². The van der Waals surface area contributed by atoms with Crippen molar-refractivity contribution in [1.29, 1.82) is 0 Å². The number of carbonyl (C=O) groups is 2. The molecule has 2 aromatic carbocycles.